The summed E-state index contributed by atoms with van der Waals surface area (Å²) in [6.45, 7) is 3.02. The monoisotopic (exact) mass is 324 g/mol. The number of halogens is 3. The molecule has 122 valence electrons. The molecule has 3 heterocycles. The van der Waals surface area contributed by atoms with Crippen LogP contribution in [0.1, 0.15) is 5.82 Å². The summed E-state index contributed by atoms with van der Waals surface area (Å²) in [7, 11) is 0. The lowest BCUT2D eigenvalue weighted by Gasteiger charge is -2.36. The van der Waals surface area contributed by atoms with Gasteiger partial charge in [0, 0.05) is 26.2 Å². The third-order valence-corrected chi connectivity index (χ3v) is 3.61. The topological polar surface area (TPSA) is 58.0 Å². The summed E-state index contributed by atoms with van der Waals surface area (Å²) in [5.74, 6) is -0.207. The van der Waals surface area contributed by atoms with Gasteiger partial charge in [0.1, 0.15) is 18.6 Å². The van der Waals surface area contributed by atoms with Crippen molar-refractivity contribution in [2.24, 2.45) is 0 Å². The number of rotatable bonds is 3. The number of nitrogens with zero attached hydrogens (tertiary/aromatic N) is 6. The van der Waals surface area contributed by atoms with Gasteiger partial charge in [-0.25, -0.2) is 19.9 Å². The average Bonchev–Trinajstić information content (AvgIpc) is 2.55. The van der Waals surface area contributed by atoms with Crippen LogP contribution in [-0.2, 0) is 6.42 Å². The zero-order chi connectivity index (χ0) is 16.3. The van der Waals surface area contributed by atoms with Gasteiger partial charge < -0.3 is 9.80 Å². The summed E-state index contributed by atoms with van der Waals surface area (Å²) in [6.07, 6.45) is 2.53. The Balaban J connectivity index is 1.59. The highest BCUT2D eigenvalue weighted by Gasteiger charge is 2.29. The zero-order valence-electron chi connectivity index (χ0n) is 12.2. The molecule has 0 aliphatic carbocycles. The predicted octanol–water partition coefficient (Wildman–Crippen LogP) is 1.70. The smallest absolute Gasteiger partial charge is 0.365 e. The van der Waals surface area contributed by atoms with Crippen LogP contribution in [0.4, 0.5) is 24.5 Å². The van der Waals surface area contributed by atoms with E-state index in [2.05, 4.69) is 29.7 Å². The van der Waals surface area contributed by atoms with Gasteiger partial charge in [-0.1, -0.05) is 0 Å². The summed E-state index contributed by atoms with van der Waals surface area (Å²) in [5, 5.41) is 0. The quantitative estimate of drug-likeness (QED) is 0.856. The second-order valence-electron chi connectivity index (χ2n) is 5.22. The Morgan fingerprint density at radius 3 is 1.78 bits per heavy atom. The molecule has 9 heteroatoms. The van der Waals surface area contributed by atoms with Crippen LogP contribution < -0.4 is 9.80 Å². The van der Waals surface area contributed by atoms with Gasteiger partial charge in [-0.2, -0.15) is 13.2 Å². The van der Waals surface area contributed by atoms with E-state index in [9.17, 15) is 13.2 Å². The van der Waals surface area contributed by atoms with Crippen molar-refractivity contribution in [3.05, 3.63) is 36.9 Å². The van der Waals surface area contributed by atoms with Crippen LogP contribution >= 0.6 is 0 Å². The first-order chi connectivity index (χ1) is 11.0. The molecule has 0 aromatic carbocycles. The molecule has 3 rings (SSSR count). The van der Waals surface area contributed by atoms with E-state index in [1.54, 1.807) is 12.4 Å². The summed E-state index contributed by atoms with van der Waals surface area (Å²) in [5.41, 5.74) is 1.70. The molecule has 0 N–H and O–H groups in total. The lowest BCUT2D eigenvalue weighted by Crippen LogP contribution is -2.46. The SMILES string of the molecule is FC(F)(F)Cc1ncc(N2CCN(c3cncnc3)CC2)cn1. The molecular weight excluding hydrogens is 309 g/mol. The Morgan fingerprint density at radius 2 is 1.30 bits per heavy atom. The molecule has 1 fully saturated rings. The Hall–Kier alpha value is -2.45. The van der Waals surface area contributed by atoms with Gasteiger partial charge >= 0.3 is 6.18 Å². The van der Waals surface area contributed by atoms with Gasteiger partial charge in [0.2, 0.25) is 0 Å². The van der Waals surface area contributed by atoms with Gasteiger partial charge in [0.25, 0.3) is 0 Å². The summed E-state index contributed by atoms with van der Waals surface area (Å²) >= 11 is 0. The van der Waals surface area contributed by atoms with Gasteiger partial charge in [-0.15, -0.1) is 0 Å². The molecule has 0 unspecified atom stereocenters. The van der Waals surface area contributed by atoms with E-state index in [4.69, 9.17) is 0 Å². The summed E-state index contributed by atoms with van der Waals surface area (Å²) < 4.78 is 36.9. The summed E-state index contributed by atoms with van der Waals surface area (Å²) in [4.78, 5) is 19.8. The molecule has 23 heavy (non-hydrogen) atoms. The number of alkyl halides is 3. The van der Waals surface area contributed by atoms with Crippen LogP contribution in [0.2, 0.25) is 0 Å². The maximum absolute atomic E-state index is 12.3. The number of anilines is 2. The number of hydrogen-bond acceptors (Lipinski definition) is 6. The molecule has 0 saturated carbocycles. The fraction of sp³-hybridized carbons (Fsp3) is 0.429. The minimum atomic E-state index is -4.29. The molecule has 0 spiro atoms. The molecule has 0 bridgehead atoms. The van der Waals surface area contributed by atoms with Crippen LogP contribution in [0.3, 0.4) is 0 Å². The molecule has 2 aromatic rings. The van der Waals surface area contributed by atoms with Crippen LogP contribution in [0.5, 0.6) is 0 Å². The first-order valence-corrected chi connectivity index (χ1v) is 7.14. The van der Waals surface area contributed by atoms with Crippen molar-refractivity contribution >= 4 is 11.4 Å². The minimum absolute atomic E-state index is 0.207. The van der Waals surface area contributed by atoms with E-state index in [1.165, 1.54) is 18.7 Å². The van der Waals surface area contributed by atoms with E-state index in [0.717, 1.165) is 37.6 Å². The Bertz CT molecular complexity index is 623. The first-order valence-electron chi connectivity index (χ1n) is 7.14. The van der Waals surface area contributed by atoms with E-state index >= 15 is 0 Å². The van der Waals surface area contributed by atoms with E-state index in [-0.39, 0.29) is 5.82 Å². The highest BCUT2D eigenvalue weighted by atomic mass is 19.4. The average molecular weight is 324 g/mol. The molecule has 2 aromatic heterocycles. The van der Waals surface area contributed by atoms with E-state index in [1.807, 2.05) is 0 Å². The van der Waals surface area contributed by atoms with Gasteiger partial charge in [-0.05, 0) is 0 Å². The molecule has 0 atom stereocenters. The molecule has 6 nitrogen and oxygen atoms in total. The van der Waals surface area contributed by atoms with Gasteiger partial charge in [0.05, 0.1) is 36.2 Å². The lowest BCUT2D eigenvalue weighted by atomic mass is 10.2. The van der Waals surface area contributed by atoms with E-state index in [0.29, 0.717) is 0 Å². The molecule has 0 amide bonds. The fourth-order valence-electron chi connectivity index (χ4n) is 2.46. The third-order valence-electron chi connectivity index (χ3n) is 3.61. The van der Waals surface area contributed by atoms with Gasteiger partial charge in [-0.3, -0.25) is 0 Å². The maximum atomic E-state index is 12.3. The predicted molar refractivity (Wildman–Crippen MR) is 78.2 cm³/mol. The van der Waals surface area contributed by atoms with Crippen molar-refractivity contribution in [1.82, 2.24) is 19.9 Å². The minimum Gasteiger partial charge on any atom is -0.365 e. The van der Waals surface area contributed by atoms with Crippen molar-refractivity contribution in [1.29, 1.82) is 0 Å². The van der Waals surface area contributed by atoms with Crippen molar-refractivity contribution in [3.8, 4) is 0 Å². The maximum Gasteiger partial charge on any atom is 0.396 e. The highest BCUT2D eigenvalue weighted by Crippen LogP contribution is 2.21. The number of aromatic nitrogens is 4. The Morgan fingerprint density at radius 1 is 0.826 bits per heavy atom. The third kappa shape index (κ3) is 4.05. The van der Waals surface area contributed by atoms with Gasteiger partial charge in [0.15, 0.2) is 0 Å². The van der Waals surface area contributed by atoms with Crippen molar-refractivity contribution in [3.63, 3.8) is 0 Å². The number of hydrogen-bond donors (Lipinski definition) is 0. The van der Waals surface area contributed by atoms with Crippen LogP contribution in [0.25, 0.3) is 0 Å². The Labute approximate surface area is 131 Å². The summed E-state index contributed by atoms with van der Waals surface area (Å²) in [6, 6.07) is 0. The van der Waals surface area contributed by atoms with Crippen LogP contribution in [0, 0.1) is 0 Å². The lowest BCUT2D eigenvalue weighted by molar-refractivity contribution is -0.128. The van der Waals surface area contributed by atoms with Crippen LogP contribution in [-0.4, -0.2) is 52.3 Å². The second-order valence-corrected chi connectivity index (χ2v) is 5.22. The molecule has 1 saturated heterocycles. The Kier molecular flexibility index (Phi) is 4.26. The zero-order valence-corrected chi connectivity index (χ0v) is 12.2. The number of piperazine rings is 1. The molecule has 0 radical (unpaired) electrons. The van der Waals surface area contributed by atoms with E-state index < -0.39 is 12.6 Å². The molecular formula is C14H15F3N6. The highest BCUT2D eigenvalue weighted by molar-refractivity contribution is 5.47. The van der Waals surface area contributed by atoms with Crippen LogP contribution in [0.15, 0.2) is 31.1 Å². The van der Waals surface area contributed by atoms with Crippen molar-refractivity contribution in [2.45, 2.75) is 12.6 Å². The normalized spacial score (nSPS) is 15.8. The molecule has 1 aliphatic heterocycles. The standard InChI is InChI=1S/C14H15F3N6/c15-14(16,17)5-13-20-8-12(9-21-13)23-3-1-22(2-4-23)11-6-18-10-19-7-11/h6-10H,1-5H2. The van der Waals surface area contributed by atoms with Crippen molar-refractivity contribution < 1.29 is 13.2 Å². The largest absolute Gasteiger partial charge is 0.396 e. The molecule has 1 aliphatic rings. The van der Waals surface area contributed by atoms with Crippen molar-refractivity contribution in [2.75, 3.05) is 36.0 Å². The second kappa shape index (κ2) is 6.35. The first kappa shape index (κ1) is 15.4. The fourth-order valence-corrected chi connectivity index (χ4v) is 2.46.